The number of halogens is 1. The molecule has 25 heavy (non-hydrogen) atoms. The Bertz CT molecular complexity index is 840. The van der Waals surface area contributed by atoms with Crippen LogP contribution >= 0.6 is 11.3 Å². The van der Waals surface area contributed by atoms with Gasteiger partial charge in [0.1, 0.15) is 16.0 Å². The molecule has 0 amide bonds. The summed E-state index contributed by atoms with van der Waals surface area (Å²) in [6.07, 6.45) is -0.414. The van der Waals surface area contributed by atoms with E-state index in [0.29, 0.717) is 5.13 Å². The predicted molar refractivity (Wildman–Crippen MR) is 94.0 cm³/mol. The van der Waals surface area contributed by atoms with E-state index in [0.717, 1.165) is 19.5 Å². The molecule has 0 bridgehead atoms. The summed E-state index contributed by atoms with van der Waals surface area (Å²) >= 11 is 1.17. The average molecular weight is 368 g/mol. The van der Waals surface area contributed by atoms with Crippen molar-refractivity contribution < 1.29 is 24.1 Å². The number of aliphatic carboxylic acids is 1. The molecule has 0 unspecified atom stereocenters. The fourth-order valence-corrected chi connectivity index (χ4v) is 3.83. The Morgan fingerprint density at radius 2 is 2.04 bits per heavy atom. The number of benzene rings is 1. The lowest BCUT2D eigenvalue weighted by atomic mass is 9.99. The second-order valence-electron chi connectivity index (χ2n) is 7.16. The smallest absolute Gasteiger partial charge is 0.337 e. The number of carboxylic acid groups (broad SMARTS) is 1. The van der Waals surface area contributed by atoms with E-state index in [1.807, 2.05) is 4.90 Å². The standard InChI is InChI=1S/C17H21FN2O4S/c1-8-9(13(15(22)23)24-17(2,3)4)12(21)14-11(10(8)18)19-16(25-14)20-6-5-7-20/h13,21H,5-7H2,1-4H3,(H,22,23)/t13-/m0/s1. The molecule has 8 heteroatoms. The van der Waals surface area contributed by atoms with Gasteiger partial charge < -0.3 is 19.8 Å². The van der Waals surface area contributed by atoms with Gasteiger partial charge in [-0.1, -0.05) is 11.3 Å². The summed E-state index contributed by atoms with van der Waals surface area (Å²) in [7, 11) is 0. The third-order valence-corrected chi connectivity index (χ3v) is 5.23. The Balaban J connectivity index is 2.18. The fraction of sp³-hybridized carbons (Fsp3) is 0.529. The number of carbonyl (C=O) groups is 1. The molecule has 0 radical (unpaired) electrons. The summed E-state index contributed by atoms with van der Waals surface area (Å²) < 4.78 is 20.7. The lowest BCUT2D eigenvalue weighted by Crippen LogP contribution is -2.36. The van der Waals surface area contributed by atoms with Gasteiger partial charge in [0.05, 0.1) is 5.60 Å². The number of phenols is 1. The minimum atomic E-state index is -1.46. The normalized spacial score (nSPS) is 16.1. The topological polar surface area (TPSA) is 82.9 Å². The van der Waals surface area contributed by atoms with Crippen LogP contribution in [0.3, 0.4) is 0 Å². The Kier molecular flexibility index (Phi) is 4.36. The van der Waals surface area contributed by atoms with Crippen molar-refractivity contribution in [3.8, 4) is 5.75 Å². The Morgan fingerprint density at radius 1 is 1.40 bits per heavy atom. The van der Waals surface area contributed by atoms with E-state index in [1.54, 1.807) is 20.8 Å². The van der Waals surface area contributed by atoms with Crippen LogP contribution in [0.4, 0.5) is 9.52 Å². The second-order valence-corrected chi connectivity index (χ2v) is 8.14. The van der Waals surface area contributed by atoms with Crippen LogP contribution in [0.1, 0.15) is 44.4 Å². The zero-order valence-corrected chi connectivity index (χ0v) is 15.4. The lowest BCUT2D eigenvalue weighted by molar-refractivity contribution is -0.160. The van der Waals surface area contributed by atoms with Crippen LogP contribution in [-0.2, 0) is 9.53 Å². The van der Waals surface area contributed by atoms with Crippen LogP contribution in [0.25, 0.3) is 10.2 Å². The number of fused-ring (bicyclic) bond motifs is 1. The molecule has 2 aromatic rings. The summed E-state index contributed by atoms with van der Waals surface area (Å²) in [6.45, 7) is 8.25. The SMILES string of the molecule is Cc1c([C@H](OC(C)(C)C)C(=O)O)c(O)c2sc(N3CCC3)nc2c1F. The quantitative estimate of drug-likeness (QED) is 0.858. The van der Waals surface area contributed by atoms with Gasteiger partial charge in [-0.2, -0.15) is 0 Å². The van der Waals surface area contributed by atoms with Crippen molar-refractivity contribution in [1.29, 1.82) is 0 Å². The van der Waals surface area contributed by atoms with Crippen LogP contribution in [-0.4, -0.2) is 39.9 Å². The van der Waals surface area contributed by atoms with Crippen molar-refractivity contribution in [2.45, 2.75) is 45.8 Å². The summed E-state index contributed by atoms with van der Waals surface area (Å²) in [4.78, 5) is 18.0. The van der Waals surface area contributed by atoms with Crippen LogP contribution in [0, 0.1) is 12.7 Å². The minimum Gasteiger partial charge on any atom is -0.506 e. The molecule has 136 valence electrons. The molecule has 1 aromatic carbocycles. The molecule has 0 aliphatic carbocycles. The van der Waals surface area contributed by atoms with Gasteiger partial charge >= 0.3 is 5.97 Å². The van der Waals surface area contributed by atoms with E-state index in [1.165, 1.54) is 18.3 Å². The van der Waals surface area contributed by atoms with Gasteiger partial charge in [-0.25, -0.2) is 14.2 Å². The van der Waals surface area contributed by atoms with Gasteiger partial charge in [-0.15, -0.1) is 0 Å². The van der Waals surface area contributed by atoms with E-state index < -0.39 is 23.5 Å². The number of thiazole rings is 1. The van der Waals surface area contributed by atoms with Gasteiger partial charge in [-0.05, 0) is 39.7 Å². The summed E-state index contributed by atoms with van der Waals surface area (Å²) in [5.74, 6) is -2.16. The maximum atomic E-state index is 14.9. The molecule has 1 aliphatic rings. The highest BCUT2D eigenvalue weighted by molar-refractivity contribution is 7.22. The number of carboxylic acids is 1. The van der Waals surface area contributed by atoms with Crippen LogP contribution in [0.5, 0.6) is 5.75 Å². The van der Waals surface area contributed by atoms with Gasteiger partial charge in [0.25, 0.3) is 0 Å². The van der Waals surface area contributed by atoms with Crippen molar-refractivity contribution in [1.82, 2.24) is 4.98 Å². The van der Waals surface area contributed by atoms with Crippen LogP contribution < -0.4 is 4.90 Å². The summed E-state index contributed by atoms with van der Waals surface area (Å²) in [6, 6.07) is 0. The molecule has 2 N–H and O–H groups in total. The van der Waals surface area contributed by atoms with Gasteiger partial charge in [0.2, 0.25) is 0 Å². The molecular weight excluding hydrogens is 347 g/mol. The number of aromatic hydroxyl groups is 1. The lowest BCUT2D eigenvalue weighted by Gasteiger charge is -2.30. The van der Waals surface area contributed by atoms with Crippen molar-refractivity contribution in [2.75, 3.05) is 18.0 Å². The van der Waals surface area contributed by atoms with Crippen molar-refractivity contribution in [2.24, 2.45) is 0 Å². The number of rotatable bonds is 4. The Morgan fingerprint density at radius 3 is 2.52 bits per heavy atom. The maximum absolute atomic E-state index is 14.9. The highest BCUT2D eigenvalue weighted by Crippen LogP contribution is 2.44. The van der Waals surface area contributed by atoms with E-state index in [2.05, 4.69) is 4.98 Å². The first-order valence-electron chi connectivity index (χ1n) is 8.07. The number of aromatic nitrogens is 1. The Labute approximate surface area is 148 Å². The summed E-state index contributed by atoms with van der Waals surface area (Å²) in [5, 5.41) is 20.9. The number of nitrogens with zero attached hydrogens (tertiary/aromatic N) is 2. The number of phenolic OH excluding ortho intramolecular Hbond substituents is 1. The third-order valence-electron chi connectivity index (χ3n) is 4.11. The number of hydrogen-bond acceptors (Lipinski definition) is 6. The number of ether oxygens (including phenoxy) is 1. The second kappa shape index (κ2) is 6.10. The molecule has 0 saturated carbocycles. The first kappa shape index (κ1) is 17.9. The van der Waals surface area contributed by atoms with E-state index in [9.17, 15) is 19.4 Å². The molecule has 2 heterocycles. The molecule has 0 spiro atoms. The number of anilines is 1. The van der Waals surface area contributed by atoms with E-state index in [-0.39, 0.29) is 27.1 Å². The van der Waals surface area contributed by atoms with Crippen molar-refractivity contribution in [3.63, 3.8) is 0 Å². The zero-order chi connectivity index (χ0) is 18.5. The van der Waals surface area contributed by atoms with Gasteiger partial charge in [0.15, 0.2) is 17.1 Å². The molecule has 6 nitrogen and oxygen atoms in total. The molecule has 3 rings (SSSR count). The molecule has 1 aliphatic heterocycles. The summed E-state index contributed by atoms with van der Waals surface area (Å²) in [5.41, 5.74) is -0.706. The Hall–Kier alpha value is -1.93. The highest BCUT2D eigenvalue weighted by atomic mass is 32.1. The fourth-order valence-electron chi connectivity index (χ4n) is 2.76. The van der Waals surface area contributed by atoms with E-state index in [4.69, 9.17) is 4.74 Å². The molecule has 1 aromatic heterocycles. The molecule has 1 saturated heterocycles. The number of hydrogen-bond donors (Lipinski definition) is 2. The largest absolute Gasteiger partial charge is 0.506 e. The zero-order valence-electron chi connectivity index (χ0n) is 14.6. The highest BCUT2D eigenvalue weighted by Gasteiger charge is 2.34. The molecular formula is C17H21FN2O4S. The first-order chi connectivity index (χ1) is 11.6. The van der Waals surface area contributed by atoms with E-state index >= 15 is 0 Å². The van der Waals surface area contributed by atoms with Crippen LogP contribution in [0.2, 0.25) is 0 Å². The minimum absolute atomic E-state index is 0.0436. The third kappa shape index (κ3) is 3.16. The van der Waals surface area contributed by atoms with Crippen molar-refractivity contribution >= 4 is 32.7 Å². The first-order valence-corrected chi connectivity index (χ1v) is 8.89. The average Bonchev–Trinajstić information content (AvgIpc) is 2.85. The van der Waals surface area contributed by atoms with Crippen molar-refractivity contribution in [3.05, 3.63) is 16.9 Å². The van der Waals surface area contributed by atoms with Gasteiger partial charge in [0, 0.05) is 18.7 Å². The monoisotopic (exact) mass is 368 g/mol. The molecule has 1 atom stereocenters. The molecule has 1 fully saturated rings. The predicted octanol–water partition coefficient (Wildman–Crippen LogP) is 3.60. The van der Waals surface area contributed by atoms with Gasteiger partial charge in [-0.3, -0.25) is 0 Å². The van der Waals surface area contributed by atoms with Crippen LogP contribution in [0.15, 0.2) is 0 Å². The maximum Gasteiger partial charge on any atom is 0.337 e.